The number of hydrogen-bond donors (Lipinski definition) is 1. The van der Waals surface area contributed by atoms with Crippen molar-refractivity contribution in [2.45, 2.75) is 52.1 Å². The molecule has 1 atom stereocenters. The van der Waals surface area contributed by atoms with Crippen molar-refractivity contribution in [2.24, 2.45) is 0 Å². The molecule has 0 radical (unpaired) electrons. The third kappa shape index (κ3) is 2.59. The third-order valence-corrected chi connectivity index (χ3v) is 5.54. The molecular weight excluding hydrogens is 308 g/mol. The molecule has 0 fully saturated rings. The minimum atomic E-state index is 0.0671. The Balaban J connectivity index is 1.65. The molecule has 0 saturated carbocycles. The van der Waals surface area contributed by atoms with Gasteiger partial charge in [-0.2, -0.15) is 0 Å². The van der Waals surface area contributed by atoms with Crippen LogP contribution in [-0.2, 0) is 19.4 Å². The average molecular weight is 328 g/mol. The number of fused-ring (bicyclic) bond motifs is 2. The Labute approximate surface area is 139 Å². The van der Waals surface area contributed by atoms with Gasteiger partial charge in [-0.1, -0.05) is 6.92 Å². The summed E-state index contributed by atoms with van der Waals surface area (Å²) in [5.74, 6) is 2.99. The fraction of sp³-hybridized carbons (Fsp3) is 0.500. The van der Waals surface area contributed by atoms with Crippen molar-refractivity contribution in [3.05, 3.63) is 28.9 Å². The summed E-state index contributed by atoms with van der Waals surface area (Å²) < 4.78 is 2.25. The fourth-order valence-electron chi connectivity index (χ4n) is 3.12. The second-order valence-corrected chi connectivity index (χ2v) is 7.07. The van der Waals surface area contributed by atoms with Crippen LogP contribution in [0.3, 0.4) is 0 Å². The van der Waals surface area contributed by atoms with Crippen molar-refractivity contribution in [3.63, 3.8) is 0 Å². The Kier molecular flexibility index (Phi) is 3.72. The molecule has 4 heterocycles. The van der Waals surface area contributed by atoms with Crippen molar-refractivity contribution in [1.82, 2.24) is 24.7 Å². The molecule has 3 aromatic rings. The van der Waals surface area contributed by atoms with Crippen LogP contribution in [0.25, 0.3) is 10.2 Å². The van der Waals surface area contributed by atoms with E-state index in [4.69, 9.17) is 0 Å². The van der Waals surface area contributed by atoms with Gasteiger partial charge >= 0.3 is 0 Å². The molecular formula is C16H20N6S. The zero-order valence-corrected chi connectivity index (χ0v) is 14.2. The lowest BCUT2D eigenvalue weighted by Crippen LogP contribution is -2.18. The monoisotopic (exact) mass is 328 g/mol. The maximum absolute atomic E-state index is 4.44. The molecule has 1 unspecified atom stereocenters. The van der Waals surface area contributed by atoms with E-state index < -0.39 is 0 Å². The van der Waals surface area contributed by atoms with Crippen LogP contribution in [0.4, 0.5) is 5.82 Å². The molecule has 7 heteroatoms. The number of rotatable bonds is 4. The maximum atomic E-state index is 4.44. The summed E-state index contributed by atoms with van der Waals surface area (Å²) in [5, 5.41) is 13.4. The first kappa shape index (κ1) is 14.6. The Morgan fingerprint density at radius 3 is 3.09 bits per heavy atom. The summed E-state index contributed by atoms with van der Waals surface area (Å²) >= 11 is 1.73. The van der Waals surface area contributed by atoms with Gasteiger partial charge in [-0.25, -0.2) is 9.97 Å². The van der Waals surface area contributed by atoms with Gasteiger partial charge in [-0.05, 0) is 32.3 Å². The highest BCUT2D eigenvalue weighted by atomic mass is 32.1. The topological polar surface area (TPSA) is 68.5 Å². The van der Waals surface area contributed by atoms with Crippen LogP contribution in [0.15, 0.2) is 12.4 Å². The first-order valence-corrected chi connectivity index (χ1v) is 9.00. The molecule has 1 aliphatic heterocycles. The molecule has 0 spiro atoms. The van der Waals surface area contributed by atoms with E-state index in [1.165, 1.54) is 17.7 Å². The highest BCUT2D eigenvalue weighted by Crippen LogP contribution is 2.30. The molecule has 23 heavy (non-hydrogen) atoms. The zero-order chi connectivity index (χ0) is 15.8. The van der Waals surface area contributed by atoms with Crippen molar-refractivity contribution >= 4 is 27.4 Å². The smallest absolute Gasteiger partial charge is 0.155 e. The number of anilines is 1. The van der Waals surface area contributed by atoms with Crippen LogP contribution in [0, 0.1) is 0 Å². The second kappa shape index (κ2) is 5.88. The molecule has 1 aliphatic rings. The van der Waals surface area contributed by atoms with E-state index in [2.05, 4.69) is 50.0 Å². The third-order valence-electron chi connectivity index (χ3n) is 4.36. The Bertz CT molecular complexity index is 836. The molecule has 3 aromatic heterocycles. The molecule has 1 N–H and O–H groups in total. The molecule has 0 bridgehead atoms. The lowest BCUT2D eigenvalue weighted by Gasteiger charge is -2.19. The molecule has 0 saturated heterocycles. The van der Waals surface area contributed by atoms with Crippen molar-refractivity contribution in [3.8, 4) is 0 Å². The van der Waals surface area contributed by atoms with E-state index in [0.717, 1.165) is 47.1 Å². The molecule has 0 aromatic carbocycles. The largest absolute Gasteiger partial charge is 0.360 e. The molecule has 0 aliphatic carbocycles. The van der Waals surface area contributed by atoms with Crippen LogP contribution < -0.4 is 5.32 Å². The number of nitrogens with one attached hydrogen (secondary N) is 1. The Morgan fingerprint density at radius 1 is 1.30 bits per heavy atom. The number of thiophene rings is 1. The van der Waals surface area contributed by atoms with Gasteiger partial charge in [0.25, 0.3) is 0 Å². The predicted molar refractivity (Wildman–Crippen MR) is 91.8 cm³/mol. The first-order valence-electron chi connectivity index (χ1n) is 8.18. The summed E-state index contributed by atoms with van der Waals surface area (Å²) in [6.07, 6.45) is 6.09. The SMILES string of the molecule is CCc1cc2c(NC(C)c3nnc4n3CCCC4)ncnc2s1. The predicted octanol–water partition coefficient (Wildman–Crippen LogP) is 3.35. The molecule has 120 valence electrons. The van der Waals surface area contributed by atoms with E-state index in [-0.39, 0.29) is 6.04 Å². The van der Waals surface area contributed by atoms with E-state index in [9.17, 15) is 0 Å². The van der Waals surface area contributed by atoms with Crippen LogP contribution in [0.5, 0.6) is 0 Å². The lowest BCUT2D eigenvalue weighted by atomic mass is 10.1. The number of nitrogens with zero attached hydrogens (tertiary/aromatic N) is 5. The molecule has 6 nitrogen and oxygen atoms in total. The minimum Gasteiger partial charge on any atom is -0.360 e. The highest BCUT2D eigenvalue weighted by Gasteiger charge is 2.21. The normalized spacial score (nSPS) is 15.6. The van der Waals surface area contributed by atoms with E-state index in [0.29, 0.717) is 0 Å². The maximum Gasteiger partial charge on any atom is 0.155 e. The van der Waals surface area contributed by atoms with Gasteiger partial charge in [0.1, 0.15) is 22.8 Å². The minimum absolute atomic E-state index is 0.0671. The molecule has 4 rings (SSSR count). The van der Waals surface area contributed by atoms with Gasteiger partial charge in [0.2, 0.25) is 0 Å². The van der Waals surface area contributed by atoms with Gasteiger partial charge in [-0.15, -0.1) is 21.5 Å². The van der Waals surface area contributed by atoms with Gasteiger partial charge in [0, 0.05) is 17.8 Å². The quantitative estimate of drug-likeness (QED) is 0.795. The summed E-state index contributed by atoms with van der Waals surface area (Å²) in [6.45, 7) is 5.30. The summed E-state index contributed by atoms with van der Waals surface area (Å²) in [4.78, 5) is 11.2. The Hall–Kier alpha value is -2.02. The standard InChI is InChI=1S/C16H20N6S/c1-3-11-8-12-14(17-9-18-16(12)23-11)19-10(2)15-21-20-13-6-4-5-7-22(13)15/h8-10H,3-7H2,1-2H3,(H,17,18,19). The van der Waals surface area contributed by atoms with E-state index in [1.54, 1.807) is 17.7 Å². The van der Waals surface area contributed by atoms with Gasteiger partial charge in [0.15, 0.2) is 5.82 Å². The van der Waals surface area contributed by atoms with E-state index in [1.807, 2.05) is 0 Å². The van der Waals surface area contributed by atoms with Crippen molar-refractivity contribution in [2.75, 3.05) is 5.32 Å². The molecule has 0 amide bonds. The first-order chi connectivity index (χ1) is 11.3. The van der Waals surface area contributed by atoms with Crippen molar-refractivity contribution < 1.29 is 0 Å². The van der Waals surface area contributed by atoms with Gasteiger partial charge in [-0.3, -0.25) is 0 Å². The van der Waals surface area contributed by atoms with Crippen molar-refractivity contribution in [1.29, 1.82) is 0 Å². The fourth-order valence-corrected chi connectivity index (χ4v) is 4.05. The van der Waals surface area contributed by atoms with Crippen LogP contribution in [-0.4, -0.2) is 24.7 Å². The summed E-state index contributed by atoms with van der Waals surface area (Å²) in [5.41, 5.74) is 0. The second-order valence-electron chi connectivity index (χ2n) is 5.96. The van der Waals surface area contributed by atoms with Crippen LogP contribution in [0.2, 0.25) is 0 Å². The van der Waals surface area contributed by atoms with Crippen LogP contribution >= 0.6 is 11.3 Å². The average Bonchev–Trinajstić information content (AvgIpc) is 3.19. The summed E-state index contributed by atoms with van der Waals surface area (Å²) in [6, 6.07) is 2.26. The van der Waals surface area contributed by atoms with Crippen LogP contribution in [0.1, 0.15) is 49.3 Å². The number of hydrogen-bond acceptors (Lipinski definition) is 6. The Morgan fingerprint density at radius 2 is 2.22 bits per heavy atom. The van der Waals surface area contributed by atoms with Gasteiger partial charge in [0.05, 0.1) is 11.4 Å². The van der Waals surface area contributed by atoms with E-state index >= 15 is 0 Å². The number of aryl methyl sites for hydroxylation is 2. The lowest BCUT2D eigenvalue weighted by molar-refractivity contribution is 0.500. The van der Waals surface area contributed by atoms with Gasteiger partial charge < -0.3 is 9.88 Å². The highest BCUT2D eigenvalue weighted by molar-refractivity contribution is 7.18. The summed E-state index contributed by atoms with van der Waals surface area (Å²) in [7, 11) is 0. The number of aromatic nitrogens is 5. The zero-order valence-electron chi connectivity index (χ0n) is 13.4.